The van der Waals surface area contributed by atoms with Crippen LogP contribution in [0.1, 0.15) is 43.7 Å². The Hall–Kier alpha value is -2.71. The van der Waals surface area contributed by atoms with E-state index in [0.717, 1.165) is 30.4 Å². The quantitative estimate of drug-likeness (QED) is 0.748. The van der Waals surface area contributed by atoms with E-state index in [1.165, 1.54) is 4.90 Å². The van der Waals surface area contributed by atoms with E-state index >= 15 is 0 Å². The smallest absolute Gasteiger partial charge is 0.244 e. The SMILES string of the molecule is Cc1cccc(NC(=O)CN2C(=O)CCc3cc(S(=O)(=O)N4CCCCC4C)ccc32)c1. The molecule has 2 aliphatic rings. The van der Waals surface area contributed by atoms with Crippen LogP contribution in [-0.4, -0.2) is 43.7 Å². The molecule has 0 spiro atoms. The van der Waals surface area contributed by atoms with Crippen molar-refractivity contribution in [3.05, 3.63) is 53.6 Å². The van der Waals surface area contributed by atoms with Crippen molar-refractivity contribution in [2.24, 2.45) is 0 Å². The number of anilines is 2. The summed E-state index contributed by atoms with van der Waals surface area (Å²) >= 11 is 0. The number of carbonyl (C=O) groups is 2. The van der Waals surface area contributed by atoms with E-state index in [-0.39, 0.29) is 35.7 Å². The second-order valence-corrected chi connectivity index (χ2v) is 10.5. The molecule has 2 amide bonds. The van der Waals surface area contributed by atoms with E-state index in [0.29, 0.717) is 24.3 Å². The summed E-state index contributed by atoms with van der Waals surface area (Å²) in [5.41, 5.74) is 3.08. The summed E-state index contributed by atoms with van der Waals surface area (Å²) < 4.78 is 28.0. The van der Waals surface area contributed by atoms with Crippen LogP contribution in [0.25, 0.3) is 0 Å². The maximum atomic E-state index is 13.2. The van der Waals surface area contributed by atoms with Crippen LogP contribution in [0.5, 0.6) is 0 Å². The van der Waals surface area contributed by atoms with Crippen LogP contribution in [0.15, 0.2) is 47.4 Å². The van der Waals surface area contributed by atoms with Gasteiger partial charge in [0.2, 0.25) is 21.8 Å². The average Bonchev–Trinajstić information content (AvgIpc) is 2.75. The monoisotopic (exact) mass is 455 g/mol. The highest BCUT2D eigenvalue weighted by molar-refractivity contribution is 7.89. The van der Waals surface area contributed by atoms with Crippen LogP contribution < -0.4 is 10.2 Å². The number of benzene rings is 2. The molecule has 7 nitrogen and oxygen atoms in total. The van der Waals surface area contributed by atoms with Crippen LogP contribution in [-0.2, 0) is 26.0 Å². The molecule has 1 saturated heterocycles. The lowest BCUT2D eigenvalue weighted by Gasteiger charge is -2.33. The maximum absolute atomic E-state index is 13.2. The Kier molecular flexibility index (Phi) is 6.35. The minimum Gasteiger partial charge on any atom is -0.325 e. The normalized spacial score (nSPS) is 19.5. The van der Waals surface area contributed by atoms with Gasteiger partial charge in [0.25, 0.3) is 0 Å². The molecule has 2 aromatic carbocycles. The number of rotatable bonds is 5. The third-order valence-electron chi connectivity index (χ3n) is 6.20. The van der Waals surface area contributed by atoms with Gasteiger partial charge in [0.05, 0.1) is 4.90 Å². The minimum atomic E-state index is -3.59. The molecular weight excluding hydrogens is 426 g/mol. The zero-order chi connectivity index (χ0) is 22.9. The van der Waals surface area contributed by atoms with Crippen molar-refractivity contribution in [1.82, 2.24) is 4.31 Å². The first-order chi connectivity index (χ1) is 15.3. The molecule has 8 heteroatoms. The summed E-state index contributed by atoms with van der Waals surface area (Å²) in [6.45, 7) is 4.30. The van der Waals surface area contributed by atoms with Gasteiger partial charge in [-0.05, 0) is 74.6 Å². The van der Waals surface area contributed by atoms with Crippen molar-refractivity contribution >= 4 is 33.2 Å². The fourth-order valence-electron chi connectivity index (χ4n) is 4.50. The summed E-state index contributed by atoms with van der Waals surface area (Å²) in [7, 11) is -3.59. The van der Waals surface area contributed by atoms with E-state index in [1.54, 1.807) is 28.6 Å². The minimum absolute atomic E-state index is 0.0202. The second kappa shape index (κ2) is 9.03. The third kappa shape index (κ3) is 4.56. The number of fused-ring (bicyclic) bond motifs is 1. The van der Waals surface area contributed by atoms with Gasteiger partial charge >= 0.3 is 0 Å². The molecule has 2 aromatic rings. The van der Waals surface area contributed by atoms with Gasteiger partial charge in [-0.25, -0.2) is 8.42 Å². The molecule has 2 heterocycles. The van der Waals surface area contributed by atoms with E-state index in [1.807, 2.05) is 32.0 Å². The highest BCUT2D eigenvalue weighted by Crippen LogP contribution is 2.32. The van der Waals surface area contributed by atoms with E-state index < -0.39 is 10.0 Å². The van der Waals surface area contributed by atoms with Crippen LogP contribution in [0.3, 0.4) is 0 Å². The predicted octanol–water partition coefficient (Wildman–Crippen LogP) is 3.48. The number of nitrogens with zero attached hydrogens (tertiary/aromatic N) is 2. The molecular formula is C24H29N3O4S. The number of amides is 2. The van der Waals surface area contributed by atoms with E-state index in [2.05, 4.69) is 5.32 Å². The molecule has 0 saturated carbocycles. The molecule has 0 radical (unpaired) electrons. The summed E-state index contributed by atoms with van der Waals surface area (Å²) in [5, 5.41) is 2.83. The first kappa shape index (κ1) is 22.5. The number of carbonyl (C=O) groups excluding carboxylic acids is 2. The number of hydrogen-bond donors (Lipinski definition) is 1. The van der Waals surface area contributed by atoms with Crippen molar-refractivity contribution < 1.29 is 18.0 Å². The summed E-state index contributed by atoms with van der Waals surface area (Å²) in [5.74, 6) is -0.437. The highest BCUT2D eigenvalue weighted by atomic mass is 32.2. The molecule has 0 aliphatic carbocycles. The Morgan fingerprint density at radius 2 is 1.94 bits per heavy atom. The summed E-state index contributed by atoms with van der Waals surface area (Å²) in [4.78, 5) is 26.9. The zero-order valence-electron chi connectivity index (χ0n) is 18.5. The second-order valence-electron chi connectivity index (χ2n) is 8.65. The third-order valence-corrected chi connectivity index (χ3v) is 8.21. The number of aryl methyl sites for hydroxylation is 2. The molecule has 32 heavy (non-hydrogen) atoms. The molecule has 0 bridgehead atoms. The average molecular weight is 456 g/mol. The topological polar surface area (TPSA) is 86.8 Å². The van der Waals surface area contributed by atoms with Crippen molar-refractivity contribution in [3.63, 3.8) is 0 Å². The lowest BCUT2D eigenvalue weighted by Crippen LogP contribution is -2.42. The number of hydrogen-bond acceptors (Lipinski definition) is 4. The Morgan fingerprint density at radius 1 is 1.12 bits per heavy atom. The first-order valence-corrected chi connectivity index (χ1v) is 12.5. The Morgan fingerprint density at radius 3 is 2.69 bits per heavy atom. The van der Waals surface area contributed by atoms with Gasteiger partial charge in [0, 0.05) is 30.4 Å². The fourth-order valence-corrected chi connectivity index (χ4v) is 6.25. The molecule has 0 aromatic heterocycles. The van der Waals surface area contributed by atoms with Gasteiger partial charge < -0.3 is 10.2 Å². The first-order valence-electron chi connectivity index (χ1n) is 11.1. The molecule has 170 valence electrons. The number of sulfonamides is 1. The Labute approximate surface area is 189 Å². The molecule has 4 rings (SSSR count). The zero-order valence-corrected chi connectivity index (χ0v) is 19.3. The van der Waals surface area contributed by atoms with Gasteiger partial charge in [-0.15, -0.1) is 0 Å². The Balaban J connectivity index is 1.55. The summed E-state index contributed by atoms with van der Waals surface area (Å²) in [6, 6.07) is 12.3. The van der Waals surface area contributed by atoms with Gasteiger partial charge in [-0.3, -0.25) is 9.59 Å². The lowest BCUT2D eigenvalue weighted by molar-refractivity contribution is -0.121. The van der Waals surface area contributed by atoms with Crippen LogP contribution >= 0.6 is 0 Å². The van der Waals surface area contributed by atoms with Gasteiger partial charge in [-0.2, -0.15) is 4.31 Å². The van der Waals surface area contributed by atoms with Crippen molar-refractivity contribution in [3.8, 4) is 0 Å². The van der Waals surface area contributed by atoms with Crippen LogP contribution in [0, 0.1) is 6.92 Å². The molecule has 2 aliphatic heterocycles. The van der Waals surface area contributed by atoms with Gasteiger partial charge in [0.15, 0.2) is 0 Å². The van der Waals surface area contributed by atoms with E-state index in [9.17, 15) is 18.0 Å². The van der Waals surface area contributed by atoms with Crippen molar-refractivity contribution in [1.29, 1.82) is 0 Å². The van der Waals surface area contributed by atoms with E-state index in [4.69, 9.17) is 0 Å². The van der Waals surface area contributed by atoms with Crippen molar-refractivity contribution in [2.45, 2.75) is 56.9 Å². The molecule has 1 atom stereocenters. The lowest BCUT2D eigenvalue weighted by atomic mass is 10.0. The number of nitrogens with one attached hydrogen (secondary N) is 1. The maximum Gasteiger partial charge on any atom is 0.244 e. The van der Waals surface area contributed by atoms with Gasteiger partial charge in [0.1, 0.15) is 6.54 Å². The highest BCUT2D eigenvalue weighted by Gasteiger charge is 2.33. The largest absolute Gasteiger partial charge is 0.325 e. The van der Waals surface area contributed by atoms with Gasteiger partial charge in [-0.1, -0.05) is 18.6 Å². The molecule has 1 N–H and O–H groups in total. The summed E-state index contributed by atoms with van der Waals surface area (Å²) in [6.07, 6.45) is 3.48. The molecule has 1 unspecified atom stereocenters. The van der Waals surface area contributed by atoms with Crippen LogP contribution in [0.2, 0.25) is 0 Å². The standard InChI is InChI=1S/C24H29N3O4S/c1-17-6-5-8-20(14-17)25-23(28)16-26-22-11-10-21(15-19(22)9-12-24(26)29)32(30,31)27-13-4-3-7-18(27)2/h5-6,8,10-11,14-15,18H,3-4,7,9,12-13,16H2,1-2H3,(H,25,28). The fraction of sp³-hybridized carbons (Fsp3) is 0.417. The van der Waals surface area contributed by atoms with Crippen LogP contribution in [0.4, 0.5) is 11.4 Å². The molecule has 1 fully saturated rings. The van der Waals surface area contributed by atoms with Crippen molar-refractivity contribution in [2.75, 3.05) is 23.3 Å². The Bertz CT molecular complexity index is 1150. The number of piperidine rings is 1. The predicted molar refractivity (Wildman–Crippen MR) is 124 cm³/mol.